The van der Waals surface area contributed by atoms with Gasteiger partial charge in [-0.25, -0.2) is 4.79 Å². The van der Waals surface area contributed by atoms with Gasteiger partial charge in [-0.3, -0.25) is 0 Å². The van der Waals surface area contributed by atoms with E-state index in [4.69, 9.17) is 14.2 Å². The molecule has 0 aliphatic carbocycles. The summed E-state index contributed by atoms with van der Waals surface area (Å²) in [4.78, 5) is 14.3. The third-order valence-corrected chi connectivity index (χ3v) is 7.31. The number of aromatic nitrogens is 2. The molecule has 0 spiro atoms. The molecule has 0 bridgehead atoms. The fraction of sp³-hybridized carbons (Fsp3) is 0.192. The molecule has 1 N–H and O–H groups in total. The number of esters is 1. The summed E-state index contributed by atoms with van der Waals surface area (Å²) in [5.41, 5.74) is 4.09. The highest BCUT2D eigenvalue weighted by molar-refractivity contribution is 7.98. The number of aliphatic hydroxyl groups is 1. The lowest BCUT2D eigenvalue weighted by atomic mass is 9.88. The zero-order valence-electron chi connectivity index (χ0n) is 19.3. The second-order valence-corrected chi connectivity index (χ2v) is 9.36. The highest BCUT2D eigenvalue weighted by Gasteiger charge is 2.48. The number of rotatable bonds is 7. The van der Waals surface area contributed by atoms with Gasteiger partial charge in [0.25, 0.3) is 5.79 Å². The van der Waals surface area contributed by atoms with Crippen LogP contribution in [0.5, 0.6) is 11.5 Å². The number of fused-ring (bicyclic) bond motifs is 1. The predicted molar refractivity (Wildman–Crippen MR) is 136 cm³/mol. The van der Waals surface area contributed by atoms with Crippen molar-refractivity contribution in [3.8, 4) is 11.5 Å². The first-order valence-electron chi connectivity index (χ1n) is 10.7. The van der Waals surface area contributed by atoms with Crippen molar-refractivity contribution < 1.29 is 24.1 Å². The van der Waals surface area contributed by atoms with E-state index in [1.807, 2.05) is 36.6 Å². The van der Waals surface area contributed by atoms with Crippen LogP contribution in [0.3, 0.4) is 0 Å². The summed E-state index contributed by atoms with van der Waals surface area (Å²) < 4.78 is 25.1. The SMILES string of the molecule is COc1ccc(CC2=C(c3ccc4nsnc4c3)C(=O)OC2(O)c2ccc(SC)cc2)cc1OC. The number of benzene rings is 3. The van der Waals surface area contributed by atoms with Crippen LogP contribution in [0.1, 0.15) is 16.7 Å². The Labute approximate surface area is 210 Å². The first-order valence-corrected chi connectivity index (χ1v) is 12.7. The fourth-order valence-electron chi connectivity index (χ4n) is 4.22. The molecule has 0 fully saturated rings. The Hall–Kier alpha value is -3.40. The van der Waals surface area contributed by atoms with E-state index in [0.717, 1.165) is 27.7 Å². The van der Waals surface area contributed by atoms with E-state index in [1.54, 1.807) is 56.3 Å². The van der Waals surface area contributed by atoms with Gasteiger partial charge in [0.05, 0.1) is 31.5 Å². The minimum atomic E-state index is -1.92. The van der Waals surface area contributed by atoms with Gasteiger partial charge < -0.3 is 19.3 Å². The van der Waals surface area contributed by atoms with Crippen LogP contribution in [0.25, 0.3) is 16.6 Å². The molecule has 2 heterocycles. The van der Waals surface area contributed by atoms with Crippen molar-refractivity contribution in [1.82, 2.24) is 8.75 Å². The molecule has 0 amide bonds. The molecule has 1 atom stereocenters. The monoisotopic (exact) mass is 506 g/mol. The zero-order chi connectivity index (χ0) is 24.6. The average molecular weight is 507 g/mol. The summed E-state index contributed by atoms with van der Waals surface area (Å²) in [5.74, 6) is -1.38. The van der Waals surface area contributed by atoms with Gasteiger partial charge in [0.1, 0.15) is 11.0 Å². The normalized spacial score (nSPS) is 17.7. The van der Waals surface area contributed by atoms with Crippen molar-refractivity contribution in [3.63, 3.8) is 0 Å². The maximum atomic E-state index is 13.3. The number of ether oxygens (including phenoxy) is 3. The molecule has 1 aliphatic rings. The summed E-state index contributed by atoms with van der Waals surface area (Å²) in [5, 5.41) is 11.9. The van der Waals surface area contributed by atoms with E-state index in [-0.39, 0.29) is 6.42 Å². The molecule has 5 rings (SSSR count). The van der Waals surface area contributed by atoms with Gasteiger partial charge in [0.2, 0.25) is 0 Å². The van der Waals surface area contributed by atoms with Crippen LogP contribution < -0.4 is 9.47 Å². The number of methoxy groups -OCH3 is 2. The molecule has 7 nitrogen and oxygen atoms in total. The third kappa shape index (κ3) is 4.16. The van der Waals surface area contributed by atoms with Gasteiger partial charge in [0.15, 0.2) is 11.5 Å². The van der Waals surface area contributed by atoms with E-state index in [1.165, 1.54) is 0 Å². The van der Waals surface area contributed by atoms with Crippen LogP contribution in [-0.2, 0) is 21.7 Å². The summed E-state index contributed by atoms with van der Waals surface area (Å²) in [7, 11) is 3.14. The minimum absolute atomic E-state index is 0.246. The number of carbonyl (C=O) groups is 1. The Kier molecular flexibility index (Phi) is 6.22. The van der Waals surface area contributed by atoms with E-state index in [9.17, 15) is 9.90 Å². The molecule has 1 aliphatic heterocycles. The van der Waals surface area contributed by atoms with Crippen molar-refractivity contribution >= 4 is 46.1 Å². The molecule has 1 unspecified atom stereocenters. The van der Waals surface area contributed by atoms with Crippen LogP contribution >= 0.6 is 23.5 Å². The molecular formula is C26H22N2O5S2. The number of nitrogens with zero attached hydrogens (tertiary/aromatic N) is 2. The largest absolute Gasteiger partial charge is 0.493 e. The Morgan fingerprint density at radius 2 is 1.71 bits per heavy atom. The van der Waals surface area contributed by atoms with Crippen LogP contribution in [-0.4, -0.2) is 40.3 Å². The van der Waals surface area contributed by atoms with Crippen molar-refractivity contribution in [1.29, 1.82) is 0 Å². The first-order chi connectivity index (χ1) is 17.0. The lowest BCUT2D eigenvalue weighted by Gasteiger charge is -2.26. The smallest absolute Gasteiger partial charge is 0.342 e. The summed E-state index contributed by atoms with van der Waals surface area (Å²) in [6.07, 6.45) is 2.22. The second kappa shape index (κ2) is 9.33. The molecule has 35 heavy (non-hydrogen) atoms. The number of thioether (sulfide) groups is 1. The minimum Gasteiger partial charge on any atom is -0.493 e. The molecule has 3 aromatic carbocycles. The Bertz CT molecular complexity index is 1450. The molecular weight excluding hydrogens is 484 g/mol. The molecule has 4 aromatic rings. The van der Waals surface area contributed by atoms with Gasteiger partial charge in [-0.05, 0) is 53.8 Å². The zero-order valence-corrected chi connectivity index (χ0v) is 20.9. The molecule has 178 valence electrons. The van der Waals surface area contributed by atoms with Crippen molar-refractivity contribution in [3.05, 3.63) is 82.9 Å². The summed E-state index contributed by atoms with van der Waals surface area (Å²) >= 11 is 2.70. The molecule has 0 radical (unpaired) electrons. The highest BCUT2D eigenvalue weighted by Crippen LogP contribution is 2.45. The van der Waals surface area contributed by atoms with Gasteiger partial charge in [-0.15, -0.1) is 11.8 Å². The lowest BCUT2D eigenvalue weighted by Crippen LogP contribution is -2.29. The summed E-state index contributed by atoms with van der Waals surface area (Å²) in [6, 6.07) is 18.3. The van der Waals surface area contributed by atoms with Crippen molar-refractivity contribution in [2.24, 2.45) is 0 Å². The molecule has 1 aromatic heterocycles. The van der Waals surface area contributed by atoms with Crippen LogP contribution in [0.2, 0.25) is 0 Å². The van der Waals surface area contributed by atoms with E-state index < -0.39 is 11.8 Å². The van der Waals surface area contributed by atoms with Gasteiger partial charge in [-0.1, -0.05) is 24.3 Å². The maximum absolute atomic E-state index is 13.3. The Morgan fingerprint density at radius 3 is 2.43 bits per heavy atom. The molecule has 0 saturated carbocycles. The average Bonchev–Trinajstić information content (AvgIpc) is 3.45. The maximum Gasteiger partial charge on any atom is 0.342 e. The lowest BCUT2D eigenvalue weighted by molar-refractivity contribution is -0.185. The Morgan fingerprint density at radius 1 is 0.971 bits per heavy atom. The second-order valence-electron chi connectivity index (χ2n) is 7.95. The van der Waals surface area contributed by atoms with Crippen LogP contribution in [0.4, 0.5) is 0 Å². The number of hydrogen-bond acceptors (Lipinski definition) is 9. The van der Waals surface area contributed by atoms with Gasteiger partial charge in [-0.2, -0.15) is 8.75 Å². The van der Waals surface area contributed by atoms with Gasteiger partial charge in [0, 0.05) is 22.5 Å². The summed E-state index contributed by atoms with van der Waals surface area (Å²) in [6.45, 7) is 0. The molecule has 9 heteroatoms. The Balaban J connectivity index is 1.68. The van der Waals surface area contributed by atoms with E-state index in [2.05, 4.69) is 8.75 Å². The van der Waals surface area contributed by atoms with Crippen LogP contribution in [0.15, 0.2) is 71.1 Å². The fourth-order valence-corrected chi connectivity index (χ4v) is 5.15. The first kappa shape index (κ1) is 23.3. The predicted octanol–water partition coefficient (Wildman–Crippen LogP) is 4.83. The number of carbonyl (C=O) groups excluding carboxylic acids is 1. The van der Waals surface area contributed by atoms with Gasteiger partial charge >= 0.3 is 5.97 Å². The number of hydrogen-bond donors (Lipinski definition) is 1. The highest BCUT2D eigenvalue weighted by atomic mass is 32.2. The van der Waals surface area contributed by atoms with E-state index in [0.29, 0.717) is 39.3 Å². The quantitative estimate of drug-likeness (QED) is 0.282. The topological polar surface area (TPSA) is 90.8 Å². The number of cyclic esters (lactones) is 1. The third-order valence-electron chi connectivity index (χ3n) is 6.01. The van der Waals surface area contributed by atoms with Crippen LogP contribution in [0, 0.1) is 0 Å². The standard InChI is InChI=1S/C26H22N2O5S2/c1-31-22-11-4-15(13-23(22)32-2)12-19-24(16-5-10-20-21(14-16)28-35-27-20)25(29)33-26(19,30)17-6-8-18(34-3)9-7-17/h4-11,13-14,30H,12H2,1-3H3. The van der Waals surface area contributed by atoms with Crippen molar-refractivity contribution in [2.75, 3.05) is 20.5 Å². The van der Waals surface area contributed by atoms with Crippen molar-refractivity contribution in [2.45, 2.75) is 17.1 Å². The molecule has 0 saturated heterocycles. The van der Waals surface area contributed by atoms with E-state index >= 15 is 0 Å².